The summed E-state index contributed by atoms with van der Waals surface area (Å²) in [4.78, 5) is 15.4. The van der Waals surface area contributed by atoms with Crippen LogP contribution in [0.5, 0.6) is 5.75 Å². The van der Waals surface area contributed by atoms with Crippen molar-refractivity contribution in [2.75, 3.05) is 12.4 Å². The molecule has 7 heteroatoms. The highest BCUT2D eigenvalue weighted by atomic mass is 19.1. The molecule has 1 amide bonds. The van der Waals surface area contributed by atoms with Crippen LogP contribution < -0.4 is 15.8 Å². The van der Waals surface area contributed by atoms with Gasteiger partial charge in [0, 0.05) is 6.54 Å². The average Bonchev–Trinajstić information content (AvgIpc) is 2.27. The van der Waals surface area contributed by atoms with Crippen molar-refractivity contribution in [3.8, 4) is 5.75 Å². The first-order valence-electron chi connectivity index (χ1n) is 5.70. The van der Waals surface area contributed by atoms with E-state index in [0.717, 1.165) is 0 Å². The topological polar surface area (TPSA) is 86.5 Å². The van der Waals surface area contributed by atoms with Gasteiger partial charge in [0.2, 0.25) is 0 Å². The molecule has 6 nitrogen and oxygen atoms in total. The maximum Gasteiger partial charge on any atom is 0.412 e. The number of anilines is 1. The zero-order valence-electron chi connectivity index (χ0n) is 11.4. The molecule has 0 aliphatic heterocycles. The van der Waals surface area contributed by atoms with Crippen LogP contribution in [-0.4, -0.2) is 23.8 Å². The van der Waals surface area contributed by atoms with Crippen molar-refractivity contribution < 1.29 is 18.7 Å². The Labute approximate surface area is 111 Å². The van der Waals surface area contributed by atoms with Crippen molar-refractivity contribution in [1.82, 2.24) is 4.98 Å². The molecule has 0 saturated carbocycles. The van der Waals surface area contributed by atoms with Gasteiger partial charge in [0.25, 0.3) is 0 Å². The number of carbonyl (C=O) groups is 1. The Kier molecular flexibility index (Phi) is 4.66. The van der Waals surface area contributed by atoms with Crippen molar-refractivity contribution >= 4 is 11.8 Å². The number of carbonyl (C=O) groups excluding carboxylic acids is 1. The van der Waals surface area contributed by atoms with E-state index in [1.807, 2.05) is 0 Å². The molecule has 0 atom stereocenters. The minimum absolute atomic E-state index is 0.0606. The predicted octanol–water partition coefficient (Wildman–Crippen LogP) is 2.04. The van der Waals surface area contributed by atoms with Gasteiger partial charge in [0.05, 0.1) is 19.0 Å². The maximum atomic E-state index is 13.9. The molecule has 0 aromatic carbocycles. The predicted molar refractivity (Wildman–Crippen MR) is 68.5 cm³/mol. The van der Waals surface area contributed by atoms with E-state index in [-0.39, 0.29) is 23.7 Å². The van der Waals surface area contributed by atoms with Gasteiger partial charge in [-0.15, -0.1) is 0 Å². The molecule has 0 spiro atoms. The smallest absolute Gasteiger partial charge is 0.412 e. The minimum atomic E-state index is -0.715. The maximum absolute atomic E-state index is 13.9. The number of ether oxygens (including phenoxy) is 2. The second kappa shape index (κ2) is 5.83. The van der Waals surface area contributed by atoms with Gasteiger partial charge in [0.1, 0.15) is 11.3 Å². The van der Waals surface area contributed by atoms with Gasteiger partial charge in [-0.05, 0) is 20.8 Å². The van der Waals surface area contributed by atoms with E-state index in [9.17, 15) is 9.18 Å². The van der Waals surface area contributed by atoms with Gasteiger partial charge >= 0.3 is 6.09 Å². The molecule has 0 bridgehead atoms. The highest BCUT2D eigenvalue weighted by Crippen LogP contribution is 2.28. The van der Waals surface area contributed by atoms with Crippen LogP contribution in [0.15, 0.2) is 6.20 Å². The SMILES string of the molecule is COc1c(NC(=O)OC(C)(C)C)cnc(CN)c1F. The Morgan fingerprint density at radius 3 is 2.63 bits per heavy atom. The third-order valence-electron chi connectivity index (χ3n) is 2.08. The number of pyridine rings is 1. The van der Waals surface area contributed by atoms with Crippen LogP contribution in [0.3, 0.4) is 0 Å². The highest BCUT2D eigenvalue weighted by Gasteiger charge is 2.20. The Balaban J connectivity index is 2.96. The first-order chi connectivity index (χ1) is 8.78. The summed E-state index contributed by atoms with van der Waals surface area (Å²) in [7, 11) is 1.29. The lowest BCUT2D eigenvalue weighted by molar-refractivity contribution is 0.0635. The van der Waals surface area contributed by atoms with E-state index in [0.29, 0.717) is 0 Å². The summed E-state index contributed by atoms with van der Waals surface area (Å²) in [6.07, 6.45) is 0.557. The van der Waals surface area contributed by atoms with Crippen LogP contribution in [-0.2, 0) is 11.3 Å². The van der Waals surface area contributed by atoms with Crippen LogP contribution in [0.2, 0.25) is 0 Å². The molecule has 0 saturated heterocycles. The van der Waals surface area contributed by atoms with E-state index >= 15 is 0 Å². The minimum Gasteiger partial charge on any atom is -0.491 e. The van der Waals surface area contributed by atoms with Crippen LogP contribution >= 0.6 is 0 Å². The fourth-order valence-corrected chi connectivity index (χ4v) is 1.35. The van der Waals surface area contributed by atoms with Gasteiger partial charge in [-0.1, -0.05) is 0 Å². The van der Waals surface area contributed by atoms with Gasteiger partial charge < -0.3 is 15.2 Å². The number of hydrogen-bond acceptors (Lipinski definition) is 5. The number of halogens is 1. The van der Waals surface area contributed by atoms with Crippen LogP contribution in [0.1, 0.15) is 26.5 Å². The number of amides is 1. The first kappa shape index (κ1) is 15.2. The van der Waals surface area contributed by atoms with Crippen molar-refractivity contribution in [2.45, 2.75) is 32.9 Å². The summed E-state index contributed by atoms with van der Waals surface area (Å²) in [6, 6.07) is 0. The van der Waals surface area contributed by atoms with Gasteiger partial charge in [-0.2, -0.15) is 0 Å². The van der Waals surface area contributed by atoms with Crippen LogP contribution in [0, 0.1) is 5.82 Å². The highest BCUT2D eigenvalue weighted by molar-refractivity contribution is 5.86. The molecule has 0 radical (unpaired) electrons. The lowest BCUT2D eigenvalue weighted by atomic mass is 10.2. The molecule has 0 aliphatic carbocycles. The van der Waals surface area contributed by atoms with E-state index in [4.69, 9.17) is 15.2 Å². The lowest BCUT2D eigenvalue weighted by Crippen LogP contribution is -2.27. The Bertz CT molecular complexity index is 472. The number of aromatic nitrogens is 1. The summed E-state index contributed by atoms with van der Waals surface area (Å²) >= 11 is 0. The lowest BCUT2D eigenvalue weighted by Gasteiger charge is -2.20. The molecule has 1 heterocycles. The van der Waals surface area contributed by atoms with Gasteiger partial charge in [0.15, 0.2) is 11.6 Å². The molecular weight excluding hydrogens is 253 g/mol. The van der Waals surface area contributed by atoms with E-state index in [1.54, 1.807) is 20.8 Å². The number of nitrogens with two attached hydrogens (primary N) is 1. The second-order valence-corrected chi connectivity index (χ2v) is 4.80. The Hall–Kier alpha value is -1.89. The monoisotopic (exact) mass is 271 g/mol. The van der Waals surface area contributed by atoms with E-state index < -0.39 is 17.5 Å². The van der Waals surface area contributed by atoms with Crippen LogP contribution in [0.4, 0.5) is 14.9 Å². The Morgan fingerprint density at radius 2 is 2.16 bits per heavy atom. The van der Waals surface area contributed by atoms with Crippen molar-refractivity contribution in [1.29, 1.82) is 0 Å². The fraction of sp³-hybridized carbons (Fsp3) is 0.500. The number of nitrogens with zero attached hydrogens (tertiary/aromatic N) is 1. The van der Waals surface area contributed by atoms with E-state index in [1.165, 1.54) is 13.3 Å². The van der Waals surface area contributed by atoms with Crippen molar-refractivity contribution in [3.05, 3.63) is 17.7 Å². The second-order valence-electron chi connectivity index (χ2n) is 4.80. The third-order valence-corrected chi connectivity index (χ3v) is 2.08. The standard InChI is InChI=1S/C12H18FN3O3/c1-12(2,3)19-11(17)16-8-6-15-7(5-14)9(13)10(8)18-4/h6H,5,14H2,1-4H3,(H,16,17). The summed E-state index contributed by atoms with van der Waals surface area (Å²) in [5.74, 6) is -0.820. The molecule has 3 N–H and O–H groups in total. The molecular formula is C12H18FN3O3. The van der Waals surface area contributed by atoms with Crippen molar-refractivity contribution in [3.63, 3.8) is 0 Å². The molecule has 1 rings (SSSR count). The zero-order chi connectivity index (χ0) is 14.6. The largest absolute Gasteiger partial charge is 0.491 e. The summed E-state index contributed by atoms with van der Waals surface area (Å²) in [5, 5.41) is 2.38. The first-order valence-corrected chi connectivity index (χ1v) is 5.70. The van der Waals surface area contributed by atoms with Crippen LogP contribution in [0.25, 0.3) is 0 Å². The summed E-state index contributed by atoms with van der Waals surface area (Å²) < 4.78 is 23.8. The average molecular weight is 271 g/mol. The van der Waals surface area contributed by atoms with Gasteiger partial charge in [-0.25, -0.2) is 9.18 Å². The van der Waals surface area contributed by atoms with Gasteiger partial charge in [-0.3, -0.25) is 10.3 Å². The Morgan fingerprint density at radius 1 is 1.53 bits per heavy atom. The normalized spacial score (nSPS) is 11.1. The molecule has 0 fully saturated rings. The number of hydrogen-bond donors (Lipinski definition) is 2. The number of methoxy groups -OCH3 is 1. The number of nitrogens with one attached hydrogen (secondary N) is 1. The molecule has 0 aliphatic rings. The molecule has 1 aromatic rings. The van der Waals surface area contributed by atoms with E-state index in [2.05, 4.69) is 10.3 Å². The summed E-state index contributed by atoms with van der Waals surface area (Å²) in [6.45, 7) is 5.11. The molecule has 0 unspecified atom stereocenters. The third kappa shape index (κ3) is 4.06. The zero-order valence-corrected chi connectivity index (χ0v) is 11.4. The molecule has 106 valence electrons. The fourth-order valence-electron chi connectivity index (χ4n) is 1.35. The summed E-state index contributed by atoms with van der Waals surface area (Å²) in [5.41, 5.74) is 4.84. The van der Waals surface area contributed by atoms with Crippen molar-refractivity contribution in [2.24, 2.45) is 5.73 Å². The quantitative estimate of drug-likeness (QED) is 0.878. The molecule has 1 aromatic heterocycles. The molecule has 19 heavy (non-hydrogen) atoms. The number of rotatable bonds is 3.